The first kappa shape index (κ1) is 22.5. The minimum atomic E-state index is -0.477. The van der Waals surface area contributed by atoms with Crippen molar-refractivity contribution in [2.24, 2.45) is 0 Å². The number of carbonyl (C=O) groups is 2. The third kappa shape index (κ3) is 4.53. The normalized spacial score (nSPS) is 16.4. The molecule has 5 rings (SSSR count). The van der Waals surface area contributed by atoms with Crippen molar-refractivity contribution in [1.29, 1.82) is 0 Å². The topological polar surface area (TPSA) is 68.1 Å². The maximum Gasteiger partial charge on any atom is 0.260 e. The summed E-state index contributed by atoms with van der Waals surface area (Å²) in [5.41, 5.74) is 1.20. The lowest BCUT2D eigenvalue weighted by atomic mass is 10.2. The van der Waals surface area contributed by atoms with Crippen LogP contribution in [-0.2, 0) is 4.79 Å². The molecule has 2 aromatic heterocycles. The molecule has 0 unspecified atom stereocenters. The SMILES string of the molecule is O=C(c1ccc(F)cc1)N1CCCC[C@@H](Sc2nnc(-c3cccs3)n2-c2ccccc2)C1=O. The van der Waals surface area contributed by atoms with E-state index >= 15 is 0 Å². The van der Waals surface area contributed by atoms with Crippen LogP contribution in [0, 0.1) is 5.82 Å². The molecule has 4 aromatic rings. The molecule has 0 radical (unpaired) electrons. The number of para-hydroxylation sites is 1. The van der Waals surface area contributed by atoms with Gasteiger partial charge in [0.15, 0.2) is 11.0 Å². The summed E-state index contributed by atoms with van der Waals surface area (Å²) in [6, 6.07) is 19.0. The van der Waals surface area contributed by atoms with Gasteiger partial charge in [0.2, 0.25) is 5.91 Å². The number of aromatic nitrogens is 3. The first-order chi connectivity index (χ1) is 16.6. The molecule has 0 spiro atoms. The molecule has 1 atom stereocenters. The zero-order valence-electron chi connectivity index (χ0n) is 18.1. The fraction of sp³-hybridized carbons (Fsp3) is 0.200. The standard InChI is InChI=1S/C25H21FN4O2S2/c26-18-13-11-17(12-14-18)23(31)29-15-5-4-9-21(24(29)32)34-25-28-27-22(20-10-6-16-33-20)30(25)19-7-2-1-3-8-19/h1-3,6-8,10-14,16,21H,4-5,9,15H2/t21-/m1/s1. The Labute approximate surface area is 204 Å². The lowest BCUT2D eigenvalue weighted by Gasteiger charge is -2.22. The van der Waals surface area contributed by atoms with Crippen molar-refractivity contribution in [3.63, 3.8) is 0 Å². The zero-order chi connectivity index (χ0) is 23.5. The van der Waals surface area contributed by atoms with Gasteiger partial charge in [-0.1, -0.05) is 42.4 Å². The van der Waals surface area contributed by atoms with Crippen LogP contribution in [0.2, 0.25) is 0 Å². The van der Waals surface area contributed by atoms with Gasteiger partial charge in [-0.3, -0.25) is 19.1 Å². The third-order valence-electron chi connectivity index (χ3n) is 5.61. The van der Waals surface area contributed by atoms with Gasteiger partial charge in [-0.2, -0.15) is 0 Å². The van der Waals surface area contributed by atoms with Crippen molar-refractivity contribution in [3.05, 3.63) is 83.5 Å². The van der Waals surface area contributed by atoms with Gasteiger partial charge in [0.25, 0.3) is 5.91 Å². The predicted molar refractivity (Wildman–Crippen MR) is 131 cm³/mol. The summed E-state index contributed by atoms with van der Waals surface area (Å²) >= 11 is 2.91. The lowest BCUT2D eigenvalue weighted by Crippen LogP contribution is -2.41. The highest BCUT2D eigenvalue weighted by Gasteiger charge is 2.34. The molecule has 2 aromatic carbocycles. The van der Waals surface area contributed by atoms with E-state index in [2.05, 4.69) is 10.2 Å². The highest BCUT2D eigenvalue weighted by atomic mass is 32.2. The number of nitrogens with zero attached hydrogens (tertiary/aromatic N) is 4. The minimum Gasteiger partial charge on any atom is -0.278 e. The number of thioether (sulfide) groups is 1. The van der Waals surface area contributed by atoms with Crippen LogP contribution in [0.3, 0.4) is 0 Å². The van der Waals surface area contributed by atoms with Gasteiger partial charge >= 0.3 is 0 Å². The predicted octanol–water partition coefficient (Wildman–Crippen LogP) is 5.45. The molecule has 6 nitrogen and oxygen atoms in total. The van der Waals surface area contributed by atoms with Crippen LogP contribution in [0.15, 0.2) is 77.3 Å². The van der Waals surface area contributed by atoms with Crippen molar-refractivity contribution in [1.82, 2.24) is 19.7 Å². The molecule has 3 heterocycles. The fourth-order valence-corrected chi connectivity index (χ4v) is 5.77. The highest BCUT2D eigenvalue weighted by molar-refractivity contribution is 8.00. The second kappa shape index (κ2) is 9.90. The number of thiophene rings is 1. The summed E-state index contributed by atoms with van der Waals surface area (Å²) in [5, 5.41) is 11.0. The van der Waals surface area contributed by atoms with E-state index in [4.69, 9.17) is 0 Å². The van der Waals surface area contributed by atoms with Gasteiger partial charge in [-0.25, -0.2) is 4.39 Å². The van der Waals surface area contributed by atoms with Crippen molar-refractivity contribution in [2.45, 2.75) is 29.7 Å². The number of halogens is 1. The van der Waals surface area contributed by atoms with E-state index in [1.54, 1.807) is 11.3 Å². The summed E-state index contributed by atoms with van der Waals surface area (Å²) < 4.78 is 15.3. The summed E-state index contributed by atoms with van der Waals surface area (Å²) in [7, 11) is 0. The van der Waals surface area contributed by atoms with Crippen molar-refractivity contribution in [2.75, 3.05) is 6.54 Å². The largest absolute Gasteiger partial charge is 0.278 e. The first-order valence-electron chi connectivity index (χ1n) is 10.9. The van der Waals surface area contributed by atoms with Crippen molar-refractivity contribution >= 4 is 34.9 Å². The summed E-state index contributed by atoms with van der Waals surface area (Å²) in [6.45, 7) is 0.345. The van der Waals surface area contributed by atoms with E-state index in [9.17, 15) is 14.0 Å². The monoisotopic (exact) mass is 492 g/mol. The van der Waals surface area contributed by atoms with Gasteiger partial charge in [0.1, 0.15) is 5.82 Å². The minimum absolute atomic E-state index is 0.253. The van der Waals surface area contributed by atoms with Crippen LogP contribution in [0.25, 0.3) is 16.4 Å². The van der Waals surface area contributed by atoms with Crippen LogP contribution in [0.1, 0.15) is 29.6 Å². The number of benzene rings is 2. The van der Waals surface area contributed by atoms with Crippen LogP contribution in [0.5, 0.6) is 0 Å². The molecule has 34 heavy (non-hydrogen) atoms. The van der Waals surface area contributed by atoms with Gasteiger partial charge in [-0.05, 0) is 60.7 Å². The molecule has 0 N–H and O–H groups in total. The number of carbonyl (C=O) groups excluding carboxylic acids is 2. The Kier molecular flexibility index (Phi) is 6.55. The van der Waals surface area contributed by atoms with Crippen molar-refractivity contribution < 1.29 is 14.0 Å². The Balaban J connectivity index is 1.46. The van der Waals surface area contributed by atoms with E-state index in [0.717, 1.165) is 23.4 Å². The fourth-order valence-electron chi connectivity index (χ4n) is 3.92. The van der Waals surface area contributed by atoms with Crippen molar-refractivity contribution in [3.8, 4) is 16.4 Å². The number of likely N-dealkylation sites (tertiary alicyclic amines) is 1. The van der Waals surface area contributed by atoms with E-state index in [1.165, 1.54) is 40.9 Å². The molecule has 1 saturated heterocycles. The Morgan fingerprint density at radius 3 is 2.53 bits per heavy atom. The second-order valence-corrected chi connectivity index (χ2v) is 9.98. The van der Waals surface area contributed by atoms with Crippen LogP contribution < -0.4 is 0 Å². The molecule has 0 aliphatic carbocycles. The number of amides is 2. The zero-order valence-corrected chi connectivity index (χ0v) is 19.8. The quantitative estimate of drug-likeness (QED) is 0.347. The number of hydrogen-bond donors (Lipinski definition) is 0. The maximum absolute atomic E-state index is 13.5. The van der Waals surface area contributed by atoms with Crippen LogP contribution in [-0.4, -0.2) is 43.3 Å². The average Bonchev–Trinajstić information content (AvgIpc) is 3.50. The molecule has 1 aliphatic rings. The number of imide groups is 1. The Morgan fingerprint density at radius 1 is 1.00 bits per heavy atom. The summed E-state index contributed by atoms with van der Waals surface area (Å²) in [6.07, 6.45) is 2.17. The van der Waals surface area contributed by atoms with Gasteiger partial charge < -0.3 is 0 Å². The van der Waals surface area contributed by atoms with E-state index < -0.39 is 17.0 Å². The second-order valence-electron chi connectivity index (χ2n) is 7.86. The van der Waals surface area contributed by atoms with Gasteiger partial charge in [-0.15, -0.1) is 21.5 Å². The molecule has 1 fully saturated rings. The average molecular weight is 493 g/mol. The molecule has 1 aliphatic heterocycles. The van der Waals surface area contributed by atoms with Gasteiger partial charge in [0.05, 0.1) is 10.1 Å². The highest BCUT2D eigenvalue weighted by Crippen LogP contribution is 2.35. The molecule has 2 amide bonds. The first-order valence-corrected chi connectivity index (χ1v) is 12.7. The smallest absolute Gasteiger partial charge is 0.260 e. The molecule has 9 heteroatoms. The molecule has 0 saturated carbocycles. The lowest BCUT2D eigenvalue weighted by molar-refractivity contribution is -0.127. The van der Waals surface area contributed by atoms with E-state index in [-0.39, 0.29) is 5.91 Å². The van der Waals surface area contributed by atoms with Crippen LogP contribution >= 0.6 is 23.1 Å². The van der Waals surface area contributed by atoms with E-state index in [1.807, 2.05) is 52.4 Å². The Morgan fingerprint density at radius 2 is 1.79 bits per heavy atom. The van der Waals surface area contributed by atoms with Gasteiger partial charge in [0, 0.05) is 17.8 Å². The van der Waals surface area contributed by atoms with E-state index in [0.29, 0.717) is 29.5 Å². The van der Waals surface area contributed by atoms with Crippen LogP contribution in [0.4, 0.5) is 4.39 Å². The summed E-state index contributed by atoms with van der Waals surface area (Å²) in [5.74, 6) is -0.364. The molecule has 172 valence electrons. The number of hydrogen-bond acceptors (Lipinski definition) is 6. The molecular formula is C25H21FN4O2S2. The molecule has 0 bridgehead atoms. The Bertz CT molecular complexity index is 1290. The third-order valence-corrected chi connectivity index (χ3v) is 7.68. The number of rotatable bonds is 5. The Hall–Kier alpha value is -3.30. The summed E-state index contributed by atoms with van der Waals surface area (Å²) in [4.78, 5) is 28.8. The maximum atomic E-state index is 13.5. The molecular weight excluding hydrogens is 471 g/mol.